The molecule has 0 radical (unpaired) electrons. The number of hydrogen-bond acceptors (Lipinski definition) is 4. The van der Waals surface area contributed by atoms with Crippen molar-refractivity contribution in [1.29, 1.82) is 0 Å². The molecule has 0 saturated heterocycles. The van der Waals surface area contributed by atoms with E-state index in [9.17, 15) is 0 Å². The van der Waals surface area contributed by atoms with Gasteiger partial charge in [0.25, 0.3) is 0 Å². The Morgan fingerprint density at radius 2 is 0.576 bits per heavy atom. The molecule has 0 saturated carbocycles. The molecule has 2 heterocycles. The molecule has 0 fully saturated rings. The molecule has 0 spiro atoms. The Morgan fingerprint density at radius 3 is 0.906 bits per heavy atom. The molecule has 0 amide bonds. The van der Waals surface area contributed by atoms with Crippen LogP contribution in [-0.4, -0.2) is 9.97 Å². The SMILES string of the molecule is CC1(C)CCC(C)(C)c2cc(-c3cccc(N(c4cc(Cl)cc(N(c5cccc(-c6ccc7c(c6)C(C)(C)CCC7(C)C)c5)c5c(-c6ccccc6)cncc5-c5ccccc5)c4)c4c(-c5ccccc5)cncc4-c4ccccc4)c3)ccc21. The molecule has 2 aromatic heterocycles. The number of hydrogen-bond donors (Lipinski definition) is 0. The van der Waals surface area contributed by atoms with Gasteiger partial charge >= 0.3 is 0 Å². The first kappa shape index (κ1) is 55.4. The van der Waals surface area contributed by atoms with Gasteiger partial charge in [-0.05, 0) is 157 Å². The van der Waals surface area contributed by atoms with Crippen LogP contribution in [0.1, 0.15) is 103 Å². The zero-order valence-electron chi connectivity index (χ0n) is 50.2. The molecule has 2 aliphatic carbocycles. The van der Waals surface area contributed by atoms with Gasteiger partial charge < -0.3 is 9.80 Å². The molecular weight excluding hydrogens is 1050 g/mol. The van der Waals surface area contributed by atoms with Gasteiger partial charge in [-0.25, -0.2) is 0 Å². The second-order valence-electron chi connectivity index (χ2n) is 26.1. The highest BCUT2D eigenvalue weighted by Crippen LogP contribution is 2.54. The van der Waals surface area contributed by atoms with E-state index in [1.807, 2.05) is 24.8 Å². The van der Waals surface area contributed by atoms with Crippen molar-refractivity contribution < 1.29 is 0 Å². The van der Waals surface area contributed by atoms with Crippen LogP contribution in [0, 0.1) is 0 Å². The standard InChI is InChI=1S/C80H73ClN4/c1-77(2)39-41-79(5,6)73-45-60(35-37-71(73)77)58-31-21-33-63(43-58)84(75-67(54-23-13-9-14-24-54)50-82-51-68(75)55-25-15-10-16-26-55)65-47-62(81)48-66(49-65)85(76-69(56-27-17-11-18-28-56)52-83-53-70(76)57-29-19-12-20-30-57)64-34-22-32-59(44-64)61-36-38-72-74(46-61)80(7,8)42-40-78(72,3)4/h9-38,43-53H,39-42H2,1-8H3. The Kier molecular flexibility index (Phi) is 14.3. The lowest BCUT2D eigenvalue weighted by molar-refractivity contribution is 0.332. The van der Waals surface area contributed by atoms with Crippen molar-refractivity contribution in [2.45, 2.75) is 103 Å². The topological polar surface area (TPSA) is 32.3 Å². The summed E-state index contributed by atoms with van der Waals surface area (Å²) < 4.78 is 0. The summed E-state index contributed by atoms with van der Waals surface area (Å²) in [6, 6.07) is 81.7. The van der Waals surface area contributed by atoms with Crippen molar-refractivity contribution >= 4 is 45.7 Å². The number of pyridine rings is 2. The summed E-state index contributed by atoms with van der Waals surface area (Å²) in [5, 5.41) is 0.585. The largest absolute Gasteiger partial charge is 0.309 e. The predicted molar refractivity (Wildman–Crippen MR) is 360 cm³/mol. The molecule has 11 aromatic rings. The van der Waals surface area contributed by atoms with Gasteiger partial charge in [0.1, 0.15) is 0 Å². The molecule has 0 N–H and O–H groups in total. The number of benzene rings is 9. The maximum absolute atomic E-state index is 7.83. The average Bonchev–Trinajstić information content (AvgIpc) is 2.95. The second-order valence-corrected chi connectivity index (χ2v) is 26.6. The van der Waals surface area contributed by atoms with Crippen LogP contribution in [0.5, 0.6) is 0 Å². The predicted octanol–water partition coefficient (Wildman–Crippen LogP) is 22.8. The molecule has 2 aliphatic rings. The van der Waals surface area contributed by atoms with Crippen LogP contribution in [-0.2, 0) is 21.7 Å². The van der Waals surface area contributed by atoms with Crippen LogP contribution in [0.4, 0.5) is 34.1 Å². The van der Waals surface area contributed by atoms with E-state index in [0.29, 0.717) is 5.02 Å². The first-order chi connectivity index (χ1) is 41.0. The Bertz CT molecular complexity index is 3870. The van der Waals surface area contributed by atoms with Crippen molar-refractivity contribution in [2.24, 2.45) is 0 Å². The Balaban J connectivity index is 1.09. The van der Waals surface area contributed by atoms with Crippen molar-refractivity contribution in [3.05, 3.63) is 277 Å². The summed E-state index contributed by atoms with van der Waals surface area (Å²) in [5.74, 6) is 0. The average molecular weight is 1130 g/mol. The van der Waals surface area contributed by atoms with Crippen LogP contribution in [0.3, 0.4) is 0 Å². The lowest BCUT2D eigenvalue weighted by Crippen LogP contribution is -2.33. The third-order valence-electron chi connectivity index (χ3n) is 18.6. The lowest BCUT2D eigenvalue weighted by Gasteiger charge is -2.42. The van der Waals surface area contributed by atoms with Gasteiger partial charge in [-0.1, -0.05) is 249 Å². The number of anilines is 6. The van der Waals surface area contributed by atoms with E-state index in [2.05, 4.69) is 290 Å². The van der Waals surface area contributed by atoms with Crippen LogP contribution >= 0.6 is 11.6 Å². The van der Waals surface area contributed by atoms with Gasteiger partial charge in [0.05, 0.1) is 11.4 Å². The highest BCUT2D eigenvalue weighted by molar-refractivity contribution is 6.31. The molecule has 0 unspecified atom stereocenters. The zero-order chi connectivity index (χ0) is 58.7. The Hall–Kier alpha value is -8.83. The van der Waals surface area contributed by atoms with Crippen molar-refractivity contribution in [3.63, 3.8) is 0 Å². The number of rotatable bonds is 12. The molecule has 5 heteroatoms. The molecule has 420 valence electrons. The highest BCUT2D eigenvalue weighted by atomic mass is 35.5. The minimum atomic E-state index is 0.0452. The highest BCUT2D eigenvalue weighted by Gasteiger charge is 2.39. The van der Waals surface area contributed by atoms with Crippen LogP contribution in [0.2, 0.25) is 5.02 Å². The second kappa shape index (κ2) is 22.0. The fraction of sp³-hybridized carbons (Fsp3) is 0.200. The number of fused-ring (bicyclic) bond motifs is 2. The van der Waals surface area contributed by atoms with Crippen LogP contribution < -0.4 is 9.80 Å². The molecule has 9 aromatic carbocycles. The normalized spacial score (nSPS) is 15.3. The van der Waals surface area contributed by atoms with E-state index in [-0.39, 0.29) is 21.7 Å². The summed E-state index contributed by atoms with van der Waals surface area (Å²) >= 11 is 7.83. The monoisotopic (exact) mass is 1120 g/mol. The van der Waals surface area contributed by atoms with Crippen molar-refractivity contribution in [1.82, 2.24) is 9.97 Å². The van der Waals surface area contributed by atoms with Crippen molar-refractivity contribution in [3.8, 4) is 66.8 Å². The van der Waals surface area contributed by atoms with E-state index in [1.54, 1.807) is 0 Å². The maximum Gasteiger partial charge on any atom is 0.0649 e. The fourth-order valence-electron chi connectivity index (χ4n) is 13.5. The molecule has 85 heavy (non-hydrogen) atoms. The third-order valence-corrected chi connectivity index (χ3v) is 18.8. The zero-order valence-corrected chi connectivity index (χ0v) is 50.9. The Labute approximate surface area is 508 Å². The lowest BCUT2D eigenvalue weighted by atomic mass is 9.63. The molecule has 0 bridgehead atoms. The summed E-state index contributed by atoms with van der Waals surface area (Å²) in [7, 11) is 0. The molecule has 4 nitrogen and oxygen atoms in total. The summed E-state index contributed by atoms with van der Waals surface area (Å²) in [6.45, 7) is 19.2. The molecular formula is C80H73ClN4. The van der Waals surface area contributed by atoms with Gasteiger partial charge in [0.2, 0.25) is 0 Å². The minimum Gasteiger partial charge on any atom is -0.309 e. The fourth-order valence-corrected chi connectivity index (χ4v) is 13.7. The van der Waals surface area contributed by atoms with Gasteiger partial charge in [-0.15, -0.1) is 0 Å². The van der Waals surface area contributed by atoms with E-state index >= 15 is 0 Å². The molecule has 0 atom stereocenters. The number of aromatic nitrogens is 2. The first-order valence-corrected chi connectivity index (χ1v) is 30.5. The smallest absolute Gasteiger partial charge is 0.0649 e. The van der Waals surface area contributed by atoms with E-state index in [1.165, 1.54) is 33.4 Å². The van der Waals surface area contributed by atoms with Crippen molar-refractivity contribution in [2.75, 3.05) is 9.80 Å². The third kappa shape index (κ3) is 10.6. The summed E-state index contributed by atoms with van der Waals surface area (Å²) in [4.78, 5) is 14.9. The minimum absolute atomic E-state index is 0.0452. The van der Waals surface area contributed by atoms with E-state index < -0.39 is 0 Å². The van der Waals surface area contributed by atoms with Gasteiger partial charge in [-0.3, -0.25) is 9.97 Å². The van der Waals surface area contributed by atoms with Crippen LogP contribution in [0.15, 0.2) is 249 Å². The Morgan fingerprint density at radius 1 is 0.282 bits per heavy atom. The summed E-state index contributed by atoms with van der Waals surface area (Å²) in [6.07, 6.45) is 12.7. The molecule has 13 rings (SSSR count). The number of halogens is 1. The number of nitrogens with zero attached hydrogens (tertiary/aromatic N) is 4. The van der Waals surface area contributed by atoms with Gasteiger partial charge in [0.15, 0.2) is 0 Å². The van der Waals surface area contributed by atoms with Crippen LogP contribution in [0.25, 0.3) is 66.8 Å². The quantitative estimate of drug-likeness (QED) is 0.122. The molecule has 0 aliphatic heterocycles. The summed E-state index contributed by atoms with van der Waals surface area (Å²) in [5.41, 5.74) is 24.5. The van der Waals surface area contributed by atoms with E-state index in [0.717, 1.165) is 115 Å². The first-order valence-electron chi connectivity index (χ1n) is 30.1. The van der Waals surface area contributed by atoms with E-state index in [4.69, 9.17) is 21.6 Å². The maximum atomic E-state index is 7.83. The van der Waals surface area contributed by atoms with Gasteiger partial charge in [0, 0.05) is 74.8 Å². The van der Waals surface area contributed by atoms with Gasteiger partial charge in [-0.2, -0.15) is 0 Å².